The fraction of sp³-hybridized carbons (Fsp3) is 0. The number of hydrogen-bond donors (Lipinski definition) is 2. The van der Waals surface area contributed by atoms with Crippen molar-refractivity contribution in [1.29, 1.82) is 0 Å². The minimum absolute atomic E-state index is 0.0892. The number of halogens is 1. The largest absolute Gasteiger partial charge is 0.508 e. The average molecular weight is 258 g/mol. The topological polar surface area (TPSA) is 61.7 Å². The number of phenolic OH excluding ortho intramolecular Hbond substituents is 1. The number of phenols is 1. The molecule has 96 valence electrons. The lowest BCUT2D eigenvalue weighted by molar-refractivity contribution is 0.0955. The molecule has 1 amide bonds. The number of aromatic hydroxyl groups is 1. The monoisotopic (exact) mass is 258 g/mol. The molecule has 2 aromatic carbocycles. The predicted molar refractivity (Wildman–Crippen MR) is 69.6 cm³/mol. The maximum Gasteiger partial charge on any atom is 0.271 e. The van der Waals surface area contributed by atoms with E-state index in [4.69, 9.17) is 5.11 Å². The van der Waals surface area contributed by atoms with Crippen molar-refractivity contribution in [3.8, 4) is 5.75 Å². The summed E-state index contributed by atoms with van der Waals surface area (Å²) in [5.74, 6) is -0.630. The van der Waals surface area contributed by atoms with Crippen LogP contribution >= 0.6 is 0 Å². The Morgan fingerprint density at radius 1 is 1.11 bits per heavy atom. The molecule has 0 aliphatic heterocycles. The molecule has 0 fully saturated rings. The van der Waals surface area contributed by atoms with Crippen molar-refractivity contribution < 1.29 is 14.3 Å². The van der Waals surface area contributed by atoms with Gasteiger partial charge in [0.25, 0.3) is 5.91 Å². The highest BCUT2D eigenvalue weighted by atomic mass is 19.1. The summed E-state index contributed by atoms with van der Waals surface area (Å²) in [6, 6.07) is 11.5. The summed E-state index contributed by atoms with van der Waals surface area (Å²) in [6.45, 7) is 0. The zero-order chi connectivity index (χ0) is 13.7. The van der Waals surface area contributed by atoms with Gasteiger partial charge in [0.15, 0.2) is 0 Å². The van der Waals surface area contributed by atoms with E-state index in [-0.39, 0.29) is 11.6 Å². The lowest BCUT2D eigenvalue weighted by Crippen LogP contribution is -2.17. The predicted octanol–water partition coefficient (Wildman–Crippen LogP) is 2.30. The Morgan fingerprint density at radius 2 is 1.74 bits per heavy atom. The number of benzene rings is 2. The van der Waals surface area contributed by atoms with Crippen molar-refractivity contribution in [3.63, 3.8) is 0 Å². The van der Waals surface area contributed by atoms with Gasteiger partial charge >= 0.3 is 0 Å². The number of amides is 1. The van der Waals surface area contributed by atoms with Crippen molar-refractivity contribution in [1.82, 2.24) is 5.43 Å². The molecule has 0 saturated heterocycles. The molecule has 0 bridgehead atoms. The van der Waals surface area contributed by atoms with E-state index in [0.29, 0.717) is 11.1 Å². The van der Waals surface area contributed by atoms with Gasteiger partial charge in [-0.1, -0.05) is 12.1 Å². The molecule has 0 aliphatic carbocycles. The molecule has 0 heterocycles. The first kappa shape index (κ1) is 12.8. The molecule has 0 unspecified atom stereocenters. The summed E-state index contributed by atoms with van der Waals surface area (Å²) < 4.78 is 12.7. The third-order valence-electron chi connectivity index (χ3n) is 2.38. The Morgan fingerprint density at radius 3 is 2.37 bits per heavy atom. The van der Waals surface area contributed by atoms with Crippen molar-refractivity contribution >= 4 is 12.1 Å². The lowest BCUT2D eigenvalue weighted by Gasteiger charge is -1.99. The van der Waals surface area contributed by atoms with Gasteiger partial charge in [-0.25, -0.2) is 9.82 Å². The normalized spacial score (nSPS) is 10.6. The molecule has 2 aromatic rings. The van der Waals surface area contributed by atoms with Crippen LogP contribution in [-0.4, -0.2) is 17.2 Å². The fourth-order valence-corrected chi connectivity index (χ4v) is 1.39. The zero-order valence-electron chi connectivity index (χ0n) is 9.88. The van der Waals surface area contributed by atoms with Gasteiger partial charge in [-0.05, 0) is 42.0 Å². The summed E-state index contributed by atoms with van der Waals surface area (Å²) in [6.07, 6.45) is 1.41. The highest BCUT2D eigenvalue weighted by Gasteiger charge is 2.02. The fourth-order valence-electron chi connectivity index (χ4n) is 1.39. The molecule has 0 atom stereocenters. The van der Waals surface area contributed by atoms with Crippen LogP contribution in [0.1, 0.15) is 15.9 Å². The summed E-state index contributed by atoms with van der Waals surface area (Å²) in [7, 11) is 0. The van der Waals surface area contributed by atoms with E-state index in [9.17, 15) is 9.18 Å². The first-order chi connectivity index (χ1) is 9.15. The number of carbonyl (C=O) groups is 1. The molecule has 4 nitrogen and oxygen atoms in total. The molecular formula is C14H11FN2O2. The molecule has 19 heavy (non-hydrogen) atoms. The van der Waals surface area contributed by atoms with Crippen LogP contribution in [-0.2, 0) is 0 Å². The van der Waals surface area contributed by atoms with Crippen LogP contribution < -0.4 is 5.43 Å². The van der Waals surface area contributed by atoms with Crippen molar-refractivity contribution in [2.75, 3.05) is 0 Å². The highest BCUT2D eigenvalue weighted by Crippen LogP contribution is 2.09. The Balaban J connectivity index is 1.96. The molecule has 0 aromatic heterocycles. The van der Waals surface area contributed by atoms with Gasteiger partial charge in [-0.15, -0.1) is 0 Å². The number of nitrogens with one attached hydrogen (secondary N) is 1. The molecule has 2 rings (SSSR count). The zero-order valence-corrected chi connectivity index (χ0v) is 9.88. The van der Waals surface area contributed by atoms with Gasteiger partial charge in [0.05, 0.1) is 6.21 Å². The van der Waals surface area contributed by atoms with Crippen LogP contribution in [0.25, 0.3) is 0 Å². The lowest BCUT2D eigenvalue weighted by atomic mass is 10.2. The molecule has 0 radical (unpaired) electrons. The van der Waals surface area contributed by atoms with Gasteiger partial charge in [0, 0.05) is 5.56 Å². The van der Waals surface area contributed by atoms with Gasteiger partial charge < -0.3 is 5.11 Å². The maximum absolute atomic E-state index is 12.7. The van der Waals surface area contributed by atoms with Gasteiger partial charge in [-0.2, -0.15) is 5.10 Å². The van der Waals surface area contributed by atoms with Crippen molar-refractivity contribution in [2.24, 2.45) is 5.10 Å². The van der Waals surface area contributed by atoms with E-state index in [1.165, 1.54) is 42.6 Å². The number of carbonyl (C=O) groups excluding carboxylic acids is 1. The Hall–Kier alpha value is -2.69. The molecule has 2 N–H and O–H groups in total. The molecule has 0 saturated carbocycles. The van der Waals surface area contributed by atoms with E-state index in [0.717, 1.165) is 0 Å². The van der Waals surface area contributed by atoms with Crippen LogP contribution in [0.4, 0.5) is 4.39 Å². The Labute approximate surface area is 109 Å². The second-order valence-corrected chi connectivity index (χ2v) is 3.80. The van der Waals surface area contributed by atoms with Crippen molar-refractivity contribution in [2.45, 2.75) is 0 Å². The van der Waals surface area contributed by atoms with E-state index >= 15 is 0 Å². The number of nitrogens with zero attached hydrogens (tertiary/aromatic N) is 1. The van der Waals surface area contributed by atoms with Crippen molar-refractivity contribution in [3.05, 3.63) is 65.5 Å². The van der Waals surface area contributed by atoms with E-state index < -0.39 is 5.91 Å². The summed E-state index contributed by atoms with van der Waals surface area (Å²) in [5, 5.41) is 12.9. The summed E-state index contributed by atoms with van der Waals surface area (Å²) in [5.41, 5.74) is 3.39. The van der Waals surface area contributed by atoms with E-state index in [1.807, 2.05) is 0 Å². The van der Waals surface area contributed by atoms with Gasteiger partial charge in [0.1, 0.15) is 11.6 Å². The maximum atomic E-state index is 12.7. The second-order valence-electron chi connectivity index (χ2n) is 3.80. The van der Waals surface area contributed by atoms with Crippen LogP contribution in [0.2, 0.25) is 0 Å². The number of hydrogen-bond acceptors (Lipinski definition) is 3. The standard InChI is InChI=1S/C14H11FN2O2/c15-12-5-1-10(2-6-12)9-16-17-14(19)11-3-7-13(18)8-4-11/h1-9,18H,(H,17,19). The third kappa shape index (κ3) is 3.64. The smallest absolute Gasteiger partial charge is 0.271 e. The van der Waals surface area contributed by atoms with Gasteiger partial charge in [0.2, 0.25) is 0 Å². The quantitative estimate of drug-likeness (QED) is 0.655. The van der Waals surface area contributed by atoms with Crippen LogP contribution in [0, 0.1) is 5.82 Å². The summed E-state index contributed by atoms with van der Waals surface area (Å²) in [4.78, 5) is 11.6. The Bertz CT molecular complexity index is 592. The summed E-state index contributed by atoms with van der Waals surface area (Å²) >= 11 is 0. The Kier molecular flexibility index (Phi) is 3.87. The SMILES string of the molecule is O=C(NN=Cc1ccc(F)cc1)c1ccc(O)cc1. The molecule has 0 aliphatic rings. The highest BCUT2D eigenvalue weighted by molar-refractivity contribution is 5.94. The van der Waals surface area contributed by atoms with Gasteiger partial charge in [-0.3, -0.25) is 4.79 Å². The van der Waals surface area contributed by atoms with E-state index in [1.54, 1.807) is 12.1 Å². The number of hydrazone groups is 1. The third-order valence-corrected chi connectivity index (χ3v) is 2.38. The minimum Gasteiger partial charge on any atom is -0.508 e. The van der Waals surface area contributed by atoms with E-state index in [2.05, 4.69) is 10.5 Å². The molecule has 0 spiro atoms. The van der Waals surface area contributed by atoms with Crippen LogP contribution in [0.3, 0.4) is 0 Å². The molecular weight excluding hydrogens is 247 g/mol. The molecule has 5 heteroatoms. The van der Waals surface area contributed by atoms with Crippen LogP contribution in [0.15, 0.2) is 53.6 Å². The second kappa shape index (κ2) is 5.77. The average Bonchev–Trinajstić information content (AvgIpc) is 2.41. The number of rotatable bonds is 3. The minimum atomic E-state index is -0.390. The van der Waals surface area contributed by atoms with Crippen LogP contribution in [0.5, 0.6) is 5.75 Å². The first-order valence-electron chi connectivity index (χ1n) is 5.53. The first-order valence-corrected chi connectivity index (χ1v) is 5.53.